The highest BCUT2D eigenvalue weighted by Gasteiger charge is 2.18. The molecule has 0 radical (unpaired) electrons. The number of fused-ring (bicyclic) bond motifs is 1. The third-order valence-corrected chi connectivity index (χ3v) is 3.49. The van der Waals surface area contributed by atoms with E-state index >= 15 is 0 Å². The Labute approximate surface area is 122 Å². The van der Waals surface area contributed by atoms with Gasteiger partial charge >= 0.3 is 5.97 Å². The molecule has 1 aromatic carbocycles. The standard InChI is InChI=1S/C12H11BrClFN2O2/c1-6(14)12-16-9-3-7(13)8(15)4-10(9)17(12)5-11(18)19-2/h3-4,6H,5H2,1-2H3. The van der Waals surface area contributed by atoms with Gasteiger partial charge in [0.1, 0.15) is 18.2 Å². The summed E-state index contributed by atoms with van der Waals surface area (Å²) in [6.07, 6.45) is 0. The van der Waals surface area contributed by atoms with Crippen molar-refractivity contribution in [2.24, 2.45) is 0 Å². The van der Waals surface area contributed by atoms with Crippen LogP contribution in [0.3, 0.4) is 0 Å². The lowest BCUT2D eigenvalue weighted by molar-refractivity contribution is -0.141. The van der Waals surface area contributed by atoms with Crippen LogP contribution in [0.25, 0.3) is 11.0 Å². The van der Waals surface area contributed by atoms with Gasteiger partial charge in [-0.3, -0.25) is 4.79 Å². The predicted octanol–water partition coefficient (Wildman–Crippen LogP) is 3.41. The molecule has 0 N–H and O–H groups in total. The number of carbonyl (C=O) groups excluding carboxylic acids is 1. The van der Waals surface area contributed by atoms with Gasteiger partial charge in [0.15, 0.2) is 0 Å². The molecule has 7 heteroatoms. The van der Waals surface area contributed by atoms with E-state index in [0.717, 1.165) is 0 Å². The van der Waals surface area contributed by atoms with Crippen molar-refractivity contribution in [1.82, 2.24) is 9.55 Å². The van der Waals surface area contributed by atoms with Crippen molar-refractivity contribution in [1.29, 1.82) is 0 Å². The van der Waals surface area contributed by atoms with Crippen LogP contribution in [-0.2, 0) is 16.1 Å². The van der Waals surface area contributed by atoms with Crippen molar-refractivity contribution in [2.45, 2.75) is 18.8 Å². The molecule has 0 aliphatic carbocycles. The second-order valence-electron chi connectivity index (χ2n) is 4.00. The van der Waals surface area contributed by atoms with Gasteiger partial charge < -0.3 is 9.30 Å². The zero-order valence-corrected chi connectivity index (χ0v) is 12.6. The predicted molar refractivity (Wildman–Crippen MR) is 73.7 cm³/mol. The molecule has 0 amide bonds. The Bertz CT molecular complexity index is 642. The van der Waals surface area contributed by atoms with Crippen LogP contribution < -0.4 is 0 Å². The zero-order chi connectivity index (χ0) is 14.2. The van der Waals surface area contributed by atoms with Crippen molar-refractivity contribution < 1.29 is 13.9 Å². The number of rotatable bonds is 3. The van der Waals surface area contributed by atoms with Crippen LogP contribution >= 0.6 is 27.5 Å². The van der Waals surface area contributed by atoms with E-state index in [1.807, 2.05) is 0 Å². The molecule has 2 rings (SSSR count). The maximum atomic E-state index is 13.6. The summed E-state index contributed by atoms with van der Waals surface area (Å²) in [5.74, 6) is -0.368. The fourth-order valence-corrected chi connectivity index (χ4v) is 2.30. The van der Waals surface area contributed by atoms with Crippen molar-refractivity contribution in [3.8, 4) is 0 Å². The van der Waals surface area contributed by atoms with E-state index in [1.165, 1.54) is 13.2 Å². The Morgan fingerprint density at radius 2 is 2.32 bits per heavy atom. The summed E-state index contributed by atoms with van der Waals surface area (Å²) in [5.41, 5.74) is 1.08. The number of aromatic nitrogens is 2. The quantitative estimate of drug-likeness (QED) is 0.630. The van der Waals surface area contributed by atoms with E-state index in [9.17, 15) is 9.18 Å². The van der Waals surface area contributed by atoms with Crippen LogP contribution in [0.1, 0.15) is 18.1 Å². The Balaban J connectivity index is 2.65. The fraction of sp³-hybridized carbons (Fsp3) is 0.333. The minimum atomic E-state index is -0.443. The lowest BCUT2D eigenvalue weighted by Crippen LogP contribution is -2.14. The van der Waals surface area contributed by atoms with Crippen LogP contribution in [0.5, 0.6) is 0 Å². The van der Waals surface area contributed by atoms with Gasteiger partial charge in [-0.1, -0.05) is 0 Å². The molecule has 102 valence electrons. The monoisotopic (exact) mass is 348 g/mol. The number of nitrogens with zero attached hydrogens (tertiary/aromatic N) is 2. The maximum absolute atomic E-state index is 13.6. The molecule has 0 aliphatic heterocycles. The Hall–Kier alpha value is -1.14. The second-order valence-corrected chi connectivity index (χ2v) is 5.51. The number of benzene rings is 1. The van der Waals surface area contributed by atoms with Crippen molar-refractivity contribution in [3.63, 3.8) is 0 Å². The van der Waals surface area contributed by atoms with Crippen LogP contribution in [0.15, 0.2) is 16.6 Å². The van der Waals surface area contributed by atoms with Crippen molar-refractivity contribution >= 4 is 44.5 Å². The number of alkyl halides is 1. The SMILES string of the molecule is COC(=O)Cn1c(C(C)Cl)nc2cc(Br)c(F)cc21. The molecule has 4 nitrogen and oxygen atoms in total. The average molecular weight is 350 g/mol. The number of imidazole rings is 1. The minimum Gasteiger partial charge on any atom is -0.468 e. The number of esters is 1. The van der Waals surface area contributed by atoms with Crippen LogP contribution in [0.4, 0.5) is 4.39 Å². The van der Waals surface area contributed by atoms with Gasteiger partial charge in [-0.25, -0.2) is 9.37 Å². The summed E-state index contributed by atoms with van der Waals surface area (Å²) in [6, 6.07) is 2.87. The average Bonchev–Trinajstić information content (AvgIpc) is 2.68. The van der Waals surface area contributed by atoms with Crippen LogP contribution in [0.2, 0.25) is 0 Å². The van der Waals surface area contributed by atoms with Gasteiger partial charge in [0.05, 0.1) is 28.0 Å². The van der Waals surface area contributed by atoms with Gasteiger partial charge in [-0.2, -0.15) is 0 Å². The van der Waals surface area contributed by atoms with Gasteiger partial charge in [0, 0.05) is 6.07 Å². The van der Waals surface area contributed by atoms with E-state index in [2.05, 4.69) is 25.7 Å². The molecule has 2 aromatic rings. The molecule has 0 bridgehead atoms. The fourth-order valence-electron chi connectivity index (χ4n) is 1.80. The number of hydrogen-bond donors (Lipinski definition) is 0. The lowest BCUT2D eigenvalue weighted by Gasteiger charge is -2.09. The topological polar surface area (TPSA) is 44.1 Å². The molecule has 1 aromatic heterocycles. The number of methoxy groups -OCH3 is 1. The first-order valence-corrected chi connectivity index (χ1v) is 6.73. The molecule has 1 unspecified atom stereocenters. The molecule has 19 heavy (non-hydrogen) atoms. The third-order valence-electron chi connectivity index (χ3n) is 2.69. The van der Waals surface area contributed by atoms with E-state index < -0.39 is 17.2 Å². The highest BCUT2D eigenvalue weighted by molar-refractivity contribution is 9.10. The normalized spacial score (nSPS) is 12.7. The van der Waals surface area contributed by atoms with Crippen LogP contribution in [0, 0.1) is 5.82 Å². The van der Waals surface area contributed by atoms with Gasteiger partial charge in [0.2, 0.25) is 0 Å². The minimum absolute atomic E-state index is 0.0551. The highest BCUT2D eigenvalue weighted by atomic mass is 79.9. The Morgan fingerprint density at radius 3 is 2.89 bits per heavy atom. The molecule has 0 fully saturated rings. The molecular formula is C12H11BrClFN2O2. The first-order valence-electron chi connectivity index (χ1n) is 5.50. The molecule has 1 heterocycles. The summed E-state index contributed by atoms with van der Waals surface area (Å²) < 4.78 is 20.1. The lowest BCUT2D eigenvalue weighted by atomic mass is 10.3. The molecule has 0 aliphatic rings. The Kier molecular flexibility index (Phi) is 4.10. The van der Waals surface area contributed by atoms with Crippen molar-refractivity contribution in [2.75, 3.05) is 7.11 Å². The van der Waals surface area contributed by atoms with E-state index in [4.69, 9.17) is 11.6 Å². The smallest absolute Gasteiger partial charge is 0.325 e. The molecule has 0 saturated heterocycles. The Morgan fingerprint density at radius 1 is 1.63 bits per heavy atom. The van der Waals surface area contributed by atoms with E-state index in [1.54, 1.807) is 17.6 Å². The van der Waals surface area contributed by atoms with E-state index in [-0.39, 0.29) is 6.54 Å². The summed E-state index contributed by atoms with van der Waals surface area (Å²) in [4.78, 5) is 15.8. The highest BCUT2D eigenvalue weighted by Crippen LogP contribution is 2.28. The third kappa shape index (κ3) is 2.74. The number of hydrogen-bond acceptors (Lipinski definition) is 3. The van der Waals surface area contributed by atoms with Gasteiger partial charge in [0.25, 0.3) is 0 Å². The molecule has 0 spiro atoms. The van der Waals surface area contributed by atoms with E-state index in [0.29, 0.717) is 21.3 Å². The number of halogens is 3. The summed E-state index contributed by atoms with van der Waals surface area (Å²) in [6.45, 7) is 1.68. The first-order chi connectivity index (χ1) is 8.93. The molecule has 1 atom stereocenters. The first kappa shape index (κ1) is 14.3. The summed E-state index contributed by atoms with van der Waals surface area (Å²) >= 11 is 9.15. The molecule has 0 saturated carbocycles. The maximum Gasteiger partial charge on any atom is 0.325 e. The molecular weight excluding hydrogens is 338 g/mol. The van der Waals surface area contributed by atoms with Gasteiger partial charge in [-0.05, 0) is 28.9 Å². The van der Waals surface area contributed by atoms with Crippen LogP contribution in [-0.4, -0.2) is 22.6 Å². The second kappa shape index (κ2) is 5.46. The zero-order valence-electron chi connectivity index (χ0n) is 10.3. The summed E-state index contributed by atoms with van der Waals surface area (Å²) in [7, 11) is 1.29. The van der Waals surface area contributed by atoms with Crippen molar-refractivity contribution in [3.05, 3.63) is 28.2 Å². The number of ether oxygens (including phenoxy) is 1. The van der Waals surface area contributed by atoms with Gasteiger partial charge in [-0.15, -0.1) is 11.6 Å². The largest absolute Gasteiger partial charge is 0.468 e. The summed E-state index contributed by atoms with van der Waals surface area (Å²) in [5, 5.41) is -0.404. The number of carbonyl (C=O) groups is 1.